The van der Waals surface area contributed by atoms with Crippen molar-refractivity contribution in [2.75, 3.05) is 0 Å². The highest BCUT2D eigenvalue weighted by atomic mass is 32.2. The van der Waals surface area contributed by atoms with Crippen LogP contribution in [0.4, 0.5) is 0 Å². The van der Waals surface area contributed by atoms with Gasteiger partial charge in [0.2, 0.25) is 0 Å². The van der Waals surface area contributed by atoms with Crippen LogP contribution in [0.15, 0.2) is 48.5 Å². The molecule has 1 unspecified atom stereocenters. The molecule has 1 aliphatic heterocycles. The molecule has 0 fully saturated rings. The Balaban J connectivity index is 1.80. The number of rotatable bonds is 2. The van der Waals surface area contributed by atoms with Crippen LogP contribution in [0.2, 0.25) is 0 Å². The minimum absolute atomic E-state index is 0.514. The van der Waals surface area contributed by atoms with E-state index in [0.29, 0.717) is 16.7 Å². The van der Waals surface area contributed by atoms with Gasteiger partial charge < -0.3 is 19.9 Å². The van der Waals surface area contributed by atoms with Crippen LogP contribution >= 0.6 is 0 Å². The number of fused-ring (bicyclic) bond motifs is 8. The Labute approximate surface area is 161 Å². The lowest BCUT2D eigenvalue weighted by atomic mass is 10.3. The number of nitrogens with one attached hydrogen (secondary N) is 5. The zero-order chi connectivity index (χ0) is 19.1. The van der Waals surface area contributed by atoms with Gasteiger partial charge in [-0.2, -0.15) is 0 Å². The third-order valence-electron chi connectivity index (χ3n) is 4.54. The van der Waals surface area contributed by atoms with Gasteiger partial charge in [0, 0.05) is 33.1 Å². The Kier molecular flexibility index (Phi) is 3.92. The van der Waals surface area contributed by atoms with Crippen molar-refractivity contribution in [2.24, 2.45) is 0 Å². The maximum atomic E-state index is 11.4. The first-order valence-electron chi connectivity index (χ1n) is 8.68. The zero-order valence-corrected chi connectivity index (χ0v) is 15.4. The van der Waals surface area contributed by atoms with Gasteiger partial charge in [-0.05, 0) is 66.8 Å². The number of hydrogen-bond acceptors (Lipinski definition) is 1. The summed E-state index contributed by atoms with van der Waals surface area (Å²) in [4.78, 5) is 13.3. The zero-order valence-electron chi connectivity index (χ0n) is 14.6. The largest absolute Gasteiger partial charge is 0.355 e. The quantitative estimate of drug-likeness (QED) is 0.263. The van der Waals surface area contributed by atoms with Gasteiger partial charge in [-0.15, -0.1) is 0 Å². The molecule has 0 aliphatic carbocycles. The third-order valence-corrected chi connectivity index (χ3v) is 4.92. The molecule has 0 amide bonds. The summed E-state index contributed by atoms with van der Waals surface area (Å²) in [5.41, 5.74) is 4.03. The molecule has 5 rings (SSSR count). The first-order chi connectivity index (χ1) is 13.6. The van der Waals surface area contributed by atoms with Crippen molar-refractivity contribution >= 4 is 35.2 Å². The molecule has 5 heterocycles. The molecule has 1 atom stereocenters. The summed E-state index contributed by atoms with van der Waals surface area (Å²) in [6, 6.07) is 15.6. The summed E-state index contributed by atoms with van der Waals surface area (Å²) in [7, 11) is 0. The van der Waals surface area contributed by atoms with Gasteiger partial charge in [0.25, 0.3) is 11.3 Å². The minimum Gasteiger partial charge on any atom is -0.355 e. The van der Waals surface area contributed by atoms with E-state index in [1.165, 1.54) is 0 Å². The SMILES string of the molecule is O=S(O)NC1=c2ccc([nH]2)=Cc2ccc([nH]2)C=c2ccc([nH]2)=Cc2ccc1[nH]2. The van der Waals surface area contributed by atoms with Crippen LogP contribution in [-0.2, 0) is 11.3 Å². The van der Waals surface area contributed by atoms with Crippen molar-refractivity contribution in [3.63, 3.8) is 0 Å². The lowest BCUT2D eigenvalue weighted by molar-refractivity contribution is 0.559. The van der Waals surface area contributed by atoms with Crippen molar-refractivity contribution in [1.29, 1.82) is 0 Å². The highest BCUT2D eigenvalue weighted by molar-refractivity contribution is 7.77. The Morgan fingerprint density at radius 1 is 0.679 bits per heavy atom. The third kappa shape index (κ3) is 3.26. The van der Waals surface area contributed by atoms with E-state index in [-0.39, 0.29) is 0 Å². The van der Waals surface area contributed by atoms with Crippen LogP contribution in [0.3, 0.4) is 0 Å². The van der Waals surface area contributed by atoms with Gasteiger partial charge >= 0.3 is 0 Å². The molecule has 4 aromatic rings. The predicted molar refractivity (Wildman–Crippen MR) is 109 cm³/mol. The van der Waals surface area contributed by atoms with Crippen LogP contribution in [0, 0.1) is 0 Å². The summed E-state index contributed by atoms with van der Waals surface area (Å²) in [5.74, 6) is 0. The van der Waals surface area contributed by atoms with Gasteiger partial charge in [-0.3, -0.25) is 9.27 Å². The second kappa shape index (κ2) is 6.59. The standard InChI is InChI=1S/C20H17N5O2S/c26-28(27)25-20-18-7-5-16(23-18)10-14-3-1-12(21-14)9-13-2-4-15(22-13)11-17-6-8-19(20)24-17/h1-11,21-25H,(H,26,27). The fraction of sp³-hybridized carbons (Fsp3) is 0. The molecule has 140 valence electrons. The topological polar surface area (TPSA) is 112 Å². The van der Waals surface area contributed by atoms with E-state index >= 15 is 0 Å². The Bertz CT molecular complexity index is 1430. The Morgan fingerprint density at radius 2 is 1.25 bits per heavy atom. The molecule has 7 nitrogen and oxygen atoms in total. The fourth-order valence-electron chi connectivity index (χ4n) is 3.32. The molecule has 8 bridgehead atoms. The van der Waals surface area contributed by atoms with Crippen LogP contribution < -0.4 is 26.1 Å². The van der Waals surface area contributed by atoms with Crippen molar-refractivity contribution in [1.82, 2.24) is 24.7 Å². The fourth-order valence-corrected chi connectivity index (χ4v) is 3.72. The van der Waals surface area contributed by atoms with E-state index in [0.717, 1.165) is 33.1 Å². The molecule has 8 heteroatoms. The van der Waals surface area contributed by atoms with Gasteiger partial charge in [0.1, 0.15) is 0 Å². The molecule has 6 N–H and O–H groups in total. The molecule has 1 aliphatic rings. The van der Waals surface area contributed by atoms with E-state index < -0.39 is 11.3 Å². The van der Waals surface area contributed by atoms with Crippen molar-refractivity contribution in [2.45, 2.75) is 0 Å². The second-order valence-corrected chi connectivity index (χ2v) is 7.25. The Hall–Kier alpha value is -3.49. The summed E-state index contributed by atoms with van der Waals surface area (Å²) < 4.78 is 23.5. The molecular weight excluding hydrogens is 374 g/mol. The predicted octanol–water partition coefficient (Wildman–Crippen LogP) is -0.318. The molecular formula is C20H17N5O2S. The lowest BCUT2D eigenvalue weighted by Crippen LogP contribution is -2.25. The molecule has 0 spiro atoms. The first kappa shape index (κ1) is 16.7. The highest BCUT2D eigenvalue weighted by Crippen LogP contribution is 2.10. The minimum atomic E-state index is -2.20. The first-order valence-corrected chi connectivity index (χ1v) is 9.78. The molecule has 4 aromatic heterocycles. The van der Waals surface area contributed by atoms with Crippen LogP contribution in [0.25, 0.3) is 23.9 Å². The number of H-pyrrole nitrogens is 4. The summed E-state index contributed by atoms with van der Waals surface area (Å²) in [6.07, 6.45) is 6.01. The number of hydrogen-bond donors (Lipinski definition) is 6. The highest BCUT2D eigenvalue weighted by Gasteiger charge is 2.09. The van der Waals surface area contributed by atoms with E-state index in [9.17, 15) is 8.76 Å². The molecule has 0 saturated carbocycles. The van der Waals surface area contributed by atoms with Gasteiger partial charge in [0.15, 0.2) is 0 Å². The molecule has 0 radical (unpaired) electrons. The Morgan fingerprint density at radius 3 is 1.93 bits per heavy atom. The van der Waals surface area contributed by atoms with E-state index in [4.69, 9.17) is 0 Å². The van der Waals surface area contributed by atoms with Crippen LogP contribution in [-0.4, -0.2) is 28.7 Å². The summed E-state index contributed by atoms with van der Waals surface area (Å²) in [5, 5.41) is 3.52. The van der Waals surface area contributed by atoms with Gasteiger partial charge in [-0.1, -0.05) is 0 Å². The maximum absolute atomic E-state index is 11.4. The second-order valence-electron chi connectivity index (χ2n) is 6.55. The monoisotopic (exact) mass is 391 g/mol. The maximum Gasteiger partial charge on any atom is 0.259 e. The van der Waals surface area contributed by atoms with Crippen molar-refractivity contribution < 1.29 is 8.76 Å². The average Bonchev–Trinajstić information content (AvgIpc) is 3.43. The van der Waals surface area contributed by atoms with E-state index in [2.05, 4.69) is 24.7 Å². The van der Waals surface area contributed by atoms with Gasteiger partial charge in [-0.25, -0.2) is 4.21 Å². The smallest absolute Gasteiger partial charge is 0.259 e. The molecule has 0 aromatic carbocycles. The normalized spacial score (nSPS) is 14.0. The van der Waals surface area contributed by atoms with Crippen molar-refractivity contribution in [3.05, 3.63) is 92.7 Å². The molecule has 28 heavy (non-hydrogen) atoms. The van der Waals surface area contributed by atoms with Crippen LogP contribution in [0.5, 0.6) is 0 Å². The van der Waals surface area contributed by atoms with Gasteiger partial charge in [0.05, 0.1) is 16.7 Å². The van der Waals surface area contributed by atoms with E-state index in [1.807, 2.05) is 66.8 Å². The van der Waals surface area contributed by atoms with Crippen molar-refractivity contribution in [3.8, 4) is 0 Å². The van der Waals surface area contributed by atoms with Crippen LogP contribution in [0.1, 0.15) is 22.8 Å². The summed E-state index contributed by atoms with van der Waals surface area (Å²) in [6.45, 7) is 0. The van der Waals surface area contributed by atoms with E-state index in [1.54, 1.807) is 0 Å². The number of aromatic nitrogens is 4. The summed E-state index contributed by atoms with van der Waals surface area (Å²) >= 11 is -2.20. The number of aromatic amines is 4. The lowest BCUT2D eigenvalue weighted by Gasteiger charge is -2.04. The average molecular weight is 391 g/mol. The molecule has 0 saturated heterocycles.